The first-order valence-electron chi connectivity index (χ1n) is 8.93. The third-order valence-corrected chi connectivity index (χ3v) is 5.22. The standard InChI is InChI=1S/C19H29N3O2/c1-5-14(2)17-8-6-7-9-18(17)20-19(24)15(3)21-10-12-22(13-11-21)16(4)23/h6-9,14-15H,5,10-13H2,1-4H3,(H,20,24)/p+1/t14-,15+/m0/s1. The van der Waals surface area contributed by atoms with Crippen LogP contribution in [0.2, 0.25) is 0 Å². The van der Waals surface area contributed by atoms with Crippen molar-refractivity contribution in [2.75, 3.05) is 31.5 Å². The molecule has 5 nitrogen and oxygen atoms in total. The highest BCUT2D eigenvalue weighted by molar-refractivity contribution is 5.94. The summed E-state index contributed by atoms with van der Waals surface area (Å²) >= 11 is 0. The topological polar surface area (TPSA) is 53.9 Å². The molecule has 1 heterocycles. The maximum atomic E-state index is 12.7. The Labute approximate surface area is 145 Å². The third-order valence-electron chi connectivity index (χ3n) is 5.22. The van der Waals surface area contributed by atoms with Gasteiger partial charge in [0.25, 0.3) is 5.91 Å². The van der Waals surface area contributed by atoms with E-state index < -0.39 is 0 Å². The molecule has 2 amide bonds. The van der Waals surface area contributed by atoms with Crippen molar-refractivity contribution in [1.82, 2.24) is 4.90 Å². The summed E-state index contributed by atoms with van der Waals surface area (Å²) in [6.07, 6.45) is 1.04. The van der Waals surface area contributed by atoms with E-state index in [1.807, 2.05) is 30.0 Å². The highest BCUT2D eigenvalue weighted by atomic mass is 16.2. The molecule has 2 atom stereocenters. The van der Waals surface area contributed by atoms with Gasteiger partial charge in [0.1, 0.15) is 0 Å². The molecule has 0 aliphatic carbocycles. The number of anilines is 1. The Morgan fingerprint density at radius 3 is 2.42 bits per heavy atom. The molecule has 1 aromatic carbocycles. The van der Waals surface area contributed by atoms with Gasteiger partial charge < -0.3 is 15.1 Å². The molecule has 1 aromatic rings. The van der Waals surface area contributed by atoms with Crippen LogP contribution in [0.1, 0.15) is 45.6 Å². The lowest BCUT2D eigenvalue weighted by molar-refractivity contribution is -0.917. The molecule has 1 fully saturated rings. The van der Waals surface area contributed by atoms with Gasteiger partial charge in [0.2, 0.25) is 5.91 Å². The van der Waals surface area contributed by atoms with Crippen molar-refractivity contribution in [2.24, 2.45) is 0 Å². The minimum absolute atomic E-state index is 0.0528. The van der Waals surface area contributed by atoms with Gasteiger partial charge in [-0.1, -0.05) is 32.0 Å². The second-order valence-electron chi connectivity index (χ2n) is 6.77. The maximum absolute atomic E-state index is 12.7. The molecule has 0 spiro atoms. The lowest BCUT2D eigenvalue weighted by Gasteiger charge is -2.34. The van der Waals surface area contributed by atoms with Crippen LogP contribution in [0.3, 0.4) is 0 Å². The summed E-state index contributed by atoms with van der Waals surface area (Å²) in [5.74, 6) is 0.592. The number of para-hydroxylation sites is 1. The molecule has 0 radical (unpaired) electrons. The van der Waals surface area contributed by atoms with Crippen LogP contribution < -0.4 is 10.2 Å². The molecule has 2 N–H and O–H groups in total. The number of nitrogens with zero attached hydrogens (tertiary/aromatic N) is 1. The SMILES string of the molecule is CC[C@H](C)c1ccccc1NC(=O)[C@@H](C)[NH+]1CCN(C(C)=O)CC1. The van der Waals surface area contributed by atoms with Crippen LogP contribution in [0.5, 0.6) is 0 Å². The average Bonchev–Trinajstić information content (AvgIpc) is 2.60. The number of quaternary nitrogens is 1. The molecule has 132 valence electrons. The number of hydrogen-bond acceptors (Lipinski definition) is 2. The highest BCUT2D eigenvalue weighted by Gasteiger charge is 2.30. The predicted octanol–water partition coefficient (Wildman–Crippen LogP) is 1.27. The number of benzene rings is 1. The molecular weight excluding hydrogens is 302 g/mol. The van der Waals surface area contributed by atoms with Crippen LogP contribution in [-0.4, -0.2) is 48.9 Å². The van der Waals surface area contributed by atoms with E-state index in [2.05, 4.69) is 25.2 Å². The fraction of sp³-hybridized carbons (Fsp3) is 0.579. The summed E-state index contributed by atoms with van der Waals surface area (Å²) in [5.41, 5.74) is 2.11. The molecule has 1 aliphatic rings. The van der Waals surface area contributed by atoms with Gasteiger partial charge in [-0.2, -0.15) is 0 Å². The van der Waals surface area contributed by atoms with E-state index in [-0.39, 0.29) is 17.9 Å². The van der Waals surface area contributed by atoms with Crippen molar-refractivity contribution in [3.8, 4) is 0 Å². The van der Waals surface area contributed by atoms with Gasteiger partial charge >= 0.3 is 0 Å². The predicted molar refractivity (Wildman–Crippen MR) is 96.2 cm³/mol. The van der Waals surface area contributed by atoms with Crippen LogP contribution in [0.25, 0.3) is 0 Å². The lowest BCUT2D eigenvalue weighted by atomic mass is 9.97. The Morgan fingerprint density at radius 1 is 1.21 bits per heavy atom. The van der Waals surface area contributed by atoms with Crippen LogP contribution >= 0.6 is 0 Å². The molecule has 1 aliphatic heterocycles. The molecule has 1 saturated heterocycles. The normalized spacial score (nSPS) is 18.1. The minimum atomic E-state index is -0.121. The lowest BCUT2D eigenvalue weighted by Crippen LogP contribution is -3.19. The number of nitrogens with one attached hydrogen (secondary N) is 2. The van der Waals surface area contributed by atoms with E-state index in [0.29, 0.717) is 5.92 Å². The Morgan fingerprint density at radius 2 is 1.83 bits per heavy atom. The molecule has 24 heavy (non-hydrogen) atoms. The largest absolute Gasteiger partial charge is 0.332 e. The zero-order valence-electron chi connectivity index (χ0n) is 15.3. The van der Waals surface area contributed by atoms with E-state index in [0.717, 1.165) is 38.3 Å². The van der Waals surface area contributed by atoms with Gasteiger partial charge in [0.15, 0.2) is 6.04 Å². The van der Waals surface area contributed by atoms with Crippen molar-refractivity contribution in [3.63, 3.8) is 0 Å². The van der Waals surface area contributed by atoms with Crippen molar-refractivity contribution in [1.29, 1.82) is 0 Å². The van der Waals surface area contributed by atoms with Gasteiger partial charge in [-0.15, -0.1) is 0 Å². The number of amides is 2. The van der Waals surface area contributed by atoms with Gasteiger partial charge in [0.05, 0.1) is 26.2 Å². The fourth-order valence-corrected chi connectivity index (χ4v) is 3.23. The summed E-state index contributed by atoms with van der Waals surface area (Å²) in [6.45, 7) is 11.0. The van der Waals surface area contributed by atoms with Crippen molar-refractivity contribution >= 4 is 17.5 Å². The highest BCUT2D eigenvalue weighted by Crippen LogP contribution is 2.26. The van der Waals surface area contributed by atoms with E-state index in [1.54, 1.807) is 6.92 Å². The maximum Gasteiger partial charge on any atom is 0.282 e. The number of carbonyl (C=O) groups is 2. The van der Waals surface area contributed by atoms with Gasteiger partial charge in [-0.25, -0.2) is 0 Å². The molecule has 0 unspecified atom stereocenters. The molecule has 2 rings (SSSR count). The summed E-state index contributed by atoms with van der Waals surface area (Å²) < 4.78 is 0. The molecule has 0 saturated carbocycles. The Kier molecular flexibility index (Phi) is 6.37. The van der Waals surface area contributed by atoms with E-state index in [9.17, 15) is 9.59 Å². The van der Waals surface area contributed by atoms with Crippen molar-refractivity contribution < 1.29 is 14.5 Å². The van der Waals surface area contributed by atoms with Crippen LogP contribution in [-0.2, 0) is 9.59 Å². The second kappa shape index (κ2) is 8.29. The number of carbonyl (C=O) groups excluding carboxylic acids is 2. The van der Waals surface area contributed by atoms with E-state index >= 15 is 0 Å². The Bertz CT molecular complexity index is 580. The first kappa shape index (κ1) is 18.5. The van der Waals surface area contributed by atoms with E-state index in [1.165, 1.54) is 10.5 Å². The first-order chi connectivity index (χ1) is 11.4. The average molecular weight is 332 g/mol. The first-order valence-corrected chi connectivity index (χ1v) is 8.93. The molecule has 5 heteroatoms. The van der Waals surface area contributed by atoms with Gasteiger partial charge in [0, 0.05) is 12.6 Å². The summed E-state index contributed by atoms with van der Waals surface area (Å²) in [5, 5.41) is 3.12. The van der Waals surface area contributed by atoms with E-state index in [4.69, 9.17) is 0 Å². The minimum Gasteiger partial charge on any atom is -0.332 e. The molecule has 0 bridgehead atoms. The summed E-state index contributed by atoms with van der Waals surface area (Å²) in [6, 6.07) is 7.93. The monoisotopic (exact) mass is 332 g/mol. The number of rotatable bonds is 5. The zero-order chi connectivity index (χ0) is 17.7. The number of piperazine rings is 1. The summed E-state index contributed by atoms with van der Waals surface area (Å²) in [7, 11) is 0. The van der Waals surface area contributed by atoms with Crippen LogP contribution in [0.4, 0.5) is 5.69 Å². The quantitative estimate of drug-likeness (QED) is 0.853. The van der Waals surface area contributed by atoms with Gasteiger partial charge in [-0.3, -0.25) is 9.59 Å². The molecular formula is C19H30N3O2+. The Hall–Kier alpha value is -1.88. The fourth-order valence-electron chi connectivity index (χ4n) is 3.23. The Balaban J connectivity index is 1.99. The molecule has 0 aromatic heterocycles. The smallest absolute Gasteiger partial charge is 0.282 e. The van der Waals surface area contributed by atoms with Crippen LogP contribution in [0, 0.1) is 0 Å². The van der Waals surface area contributed by atoms with Crippen molar-refractivity contribution in [2.45, 2.75) is 46.1 Å². The summed E-state index contributed by atoms with van der Waals surface area (Å²) in [4.78, 5) is 27.2. The van der Waals surface area contributed by atoms with Crippen LogP contribution in [0.15, 0.2) is 24.3 Å². The zero-order valence-corrected chi connectivity index (χ0v) is 15.3. The second-order valence-corrected chi connectivity index (χ2v) is 6.77. The third kappa shape index (κ3) is 4.35. The van der Waals surface area contributed by atoms with Gasteiger partial charge in [-0.05, 0) is 30.9 Å². The number of hydrogen-bond donors (Lipinski definition) is 2. The van der Waals surface area contributed by atoms with Crippen molar-refractivity contribution in [3.05, 3.63) is 29.8 Å².